The van der Waals surface area contributed by atoms with Crippen LogP contribution in [0.3, 0.4) is 0 Å². The van der Waals surface area contributed by atoms with E-state index in [0.717, 1.165) is 0 Å². The molecule has 0 aliphatic carbocycles. The van der Waals surface area contributed by atoms with Crippen LogP contribution in [0.25, 0.3) is 0 Å². The average molecular weight is 1630 g/mol. The van der Waals surface area contributed by atoms with Crippen molar-refractivity contribution in [2.45, 2.75) is 180 Å². The Morgan fingerprint density at radius 3 is 0.748 bits per heavy atom. The summed E-state index contributed by atoms with van der Waals surface area (Å²) in [6.07, 6.45) is 2.23. The lowest BCUT2D eigenvalue weighted by molar-refractivity contribution is -0.170. The molecule has 0 saturated carbocycles. The molecule has 111 heavy (non-hydrogen) atoms. The number of benzene rings is 4. The molecule has 4 N–H and O–H groups in total. The van der Waals surface area contributed by atoms with Gasteiger partial charge in [0.05, 0.1) is 49.4 Å². The Hall–Kier alpha value is -7.56. The predicted molar refractivity (Wildman–Crippen MR) is 432 cm³/mol. The van der Waals surface area contributed by atoms with E-state index in [1.54, 1.807) is 48.5 Å². The highest BCUT2D eigenvalue weighted by Gasteiger charge is 2.40. The second kappa shape index (κ2) is 49.2. The Morgan fingerprint density at radius 1 is 0.315 bits per heavy atom. The summed E-state index contributed by atoms with van der Waals surface area (Å²) in [6.45, 7) is 25.6. The molecule has 0 amide bonds. The first-order valence-electron chi connectivity index (χ1n) is 37.9. The Bertz CT molecular complexity index is 3210. The van der Waals surface area contributed by atoms with Gasteiger partial charge >= 0.3 is 47.8 Å². The fourth-order valence-corrected chi connectivity index (χ4v) is 15.9. The number of phenols is 4. The molecule has 24 nitrogen and oxygen atoms in total. The number of ether oxygens (including phenoxy) is 12. The normalized spacial score (nSPS) is 13.5. The van der Waals surface area contributed by atoms with Gasteiger partial charge in [0.1, 0.15) is 131 Å². The van der Waals surface area contributed by atoms with E-state index in [1.165, 1.54) is 95.6 Å². The summed E-state index contributed by atoms with van der Waals surface area (Å²) in [5, 5.41) is 38.4. The van der Waals surface area contributed by atoms with Crippen LogP contribution in [0.1, 0.15) is 161 Å². The first kappa shape index (κ1) is 95.8. The highest BCUT2D eigenvalue weighted by Crippen LogP contribution is 2.39. The highest BCUT2D eigenvalue weighted by atomic mass is 32.2. The van der Waals surface area contributed by atoms with E-state index in [9.17, 15) is 58.8 Å². The van der Waals surface area contributed by atoms with Gasteiger partial charge in [0.15, 0.2) is 0 Å². The Morgan fingerprint density at radius 2 is 0.532 bits per heavy atom. The predicted octanol–water partition coefficient (Wildman–Crippen LogP) is 15.2. The molecular weight excluding hydrogens is 1510 g/mol. The van der Waals surface area contributed by atoms with Crippen molar-refractivity contribution in [3.05, 3.63) is 97.1 Å². The van der Waals surface area contributed by atoms with Crippen LogP contribution in [-0.4, -0.2) is 189 Å². The second-order valence-corrected chi connectivity index (χ2v) is 37.6. The third-order valence-electron chi connectivity index (χ3n) is 17.9. The topological polar surface area (TPSA) is 328 Å². The van der Waals surface area contributed by atoms with Gasteiger partial charge < -0.3 is 77.3 Å². The Kier molecular flexibility index (Phi) is 42.4. The fourth-order valence-electron chi connectivity index (χ4n) is 11.4. The summed E-state index contributed by atoms with van der Waals surface area (Å²) in [5.41, 5.74) is -1.65. The molecule has 620 valence electrons. The van der Waals surface area contributed by atoms with Crippen molar-refractivity contribution in [1.29, 1.82) is 0 Å². The van der Waals surface area contributed by atoms with Crippen molar-refractivity contribution in [2.24, 2.45) is 40.9 Å². The molecule has 4 rings (SSSR count). The van der Waals surface area contributed by atoms with Crippen LogP contribution in [0.2, 0.25) is 0 Å². The standard InChI is InChI=1S/C83H120O24S4/c1-15-59(75(92)100-41-37-96-65-25-17-61(84)18-26-65)49-79(7,8)108-45-33-71(88)104-53-83(54-105-72(89)34-46-109-80(9,10)50-60(16-2)76(93)101-42-38-97-66-27-19-62(85)20-28-66,55-106-73(90)35-47-110-81(11,12)51-69(57(3)4)77(94)102-43-39-98-67-29-21-63(86)22-30-67)56-107-74(91)36-48-111-82(13,14)52-70(58(5)6)78(95)103-44-40-99-68-31-23-64(87)24-32-68/h17-32,57-60,69-70,84-87H,15-16,33-56H2,1-14H3. The molecule has 4 unspecified atom stereocenters. The van der Waals surface area contributed by atoms with E-state index in [1.807, 2.05) is 96.9 Å². The van der Waals surface area contributed by atoms with Gasteiger partial charge in [-0.25, -0.2) is 0 Å². The van der Waals surface area contributed by atoms with Gasteiger partial charge in [0, 0.05) is 42.0 Å². The Labute approximate surface area is 672 Å². The smallest absolute Gasteiger partial charge is 0.309 e. The van der Waals surface area contributed by atoms with Gasteiger partial charge in [-0.1, -0.05) is 96.9 Å². The first-order chi connectivity index (χ1) is 52.4. The van der Waals surface area contributed by atoms with Gasteiger partial charge in [-0.2, -0.15) is 47.0 Å². The van der Waals surface area contributed by atoms with Gasteiger partial charge in [-0.05, 0) is 147 Å². The quantitative estimate of drug-likeness (QED) is 0.0181. The Balaban J connectivity index is 1.51. The molecule has 0 heterocycles. The third kappa shape index (κ3) is 40.1. The van der Waals surface area contributed by atoms with Gasteiger partial charge in [0.25, 0.3) is 0 Å². The van der Waals surface area contributed by atoms with Crippen LogP contribution in [0, 0.1) is 40.9 Å². The number of aromatic hydroxyl groups is 4. The average Bonchev–Trinajstić information content (AvgIpc) is 0.856. The largest absolute Gasteiger partial charge is 0.508 e. The molecule has 0 spiro atoms. The molecule has 4 aromatic rings. The van der Waals surface area contributed by atoms with Gasteiger partial charge in [-0.15, -0.1) is 0 Å². The summed E-state index contributed by atoms with van der Waals surface area (Å²) < 4.78 is 67.1. The van der Waals surface area contributed by atoms with Crippen LogP contribution in [0.5, 0.6) is 46.0 Å². The molecule has 0 radical (unpaired) electrons. The molecular formula is C83H120O24S4. The van der Waals surface area contributed by atoms with Crippen molar-refractivity contribution in [3.8, 4) is 46.0 Å². The second-order valence-electron chi connectivity index (χ2n) is 30.3. The van der Waals surface area contributed by atoms with Crippen LogP contribution in [0.15, 0.2) is 97.1 Å². The summed E-state index contributed by atoms with van der Waals surface area (Å²) in [4.78, 5) is 110. The van der Waals surface area contributed by atoms with Crippen molar-refractivity contribution < 1.29 is 116 Å². The SMILES string of the molecule is CCC(CC(C)(C)SCCC(=O)OCC(COC(=O)CCSC(C)(C)CC(CC)C(=O)OCCOc1ccc(O)cc1)(COC(=O)CCSC(C)(C)CC(C(=O)OCCOc1ccc(O)cc1)C(C)C)COC(=O)CCSC(C)(C)CC(C(=O)OCCOc1ccc(O)cc1)C(C)C)C(=O)OCCOc1ccc(O)cc1. The number of thioether (sulfide) groups is 4. The van der Waals surface area contributed by atoms with Crippen LogP contribution < -0.4 is 18.9 Å². The number of carbonyl (C=O) groups is 8. The van der Waals surface area contributed by atoms with E-state index < -0.39 is 110 Å². The summed E-state index contributed by atoms with van der Waals surface area (Å²) in [5.74, 6) is -2.79. The zero-order valence-corrected chi connectivity index (χ0v) is 70.4. The molecule has 28 heteroatoms. The highest BCUT2D eigenvalue weighted by molar-refractivity contribution is 8.01. The maximum atomic E-state index is 14.0. The van der Waals surface area contributed by atoms with Crippen molar-refractivity contribution in [2.75, 3.05) is 102 Å². The molecule has 0 saturated heterocycles. The maximum absolute atomic E-state index is 14.0. The van der Waals surface area contributed by atoms with Crippen LogP contribution in [-0.2, 0) is 76.3 Å². The minimum Gasteiger partial charge on any atom is -0.508 e. The molecule has 0 aliphatic rings. The monoisotopic (exact) mass is 1630 g/mol. The van der Waals surface area contributed by atoms with E-state index in [2.05, 4.69) is 0 Å². The number of phenolic OH excluding ortho intramolecular Hbond substituents is 4. The number of esters is 8. The van der Waals surface area contributed by atoms with Crippen molar-refractivity contribution in [3.63, 3.8) is 0 Å². The summed E-state index contributed by atoms with van der Waals surface area (Å²) >= 11 is 5.83. The van der Waals surface area contributed by atoms with E-state index >= 15 is 0 Å². The minimum atomic E-state index is -1.65. The summed E-state index contributed by atoms with van der Waals surface area (Å²) in [7, 11) is 0. The number of hydrogen-bond donors (Lipinski definition) is 4. The van der Waals surface area contributed by atoms with Crippen LogP contribution >= 0.6 is 47.0 Å². The fraction of sp³-hybridized carbons (Fsp3) is 0.614. The molecule has 0 aliphatic heterocycles. The third-order valence-corrected chi connectivity index (χ3v) is 23.3. The van der Waals surface area contributed by atoms with Gasteiger partial charge in [0.2, 0.25) is 0 Å². The number of carbonyl (C=O) groups excluding carboxylic acids is 8. The lowest BCUT2D eigenvalue weighted by atomic mass is 9.87. The lowest BCUT2D eigenvalue weighted by Gasteiger charge is -2.32. The van der Waals surface area contributed by atoms with E-state index in [4.69, 9.17) is 56.8 Å². The van der Waals surface area contributed by atoms with Crippen molar-refractivity contribution >= 4 is 94.8 Å². The molecule has 4 aromatic carbocycles. The molecule has 0 aromatic heterocycles. The van der Waals surface area contributed by atoms with E-state index in [-0.39, 0.29) is 148 Å². The first-order valence-corrected chi connectivity index (χ1v) is 41.9. The minimum absolute atomic E-state index is 0.00545. The summed E-state index contributed by atoms with van der Waals surface area (Å²) in [6, 6.07) is 24.8. The maximum Gasteiger partial charge on any atom is 0.309 e. The number of hydrogen-bond acceptors (Lipinski definition) is 28. The zero-order chi connectivity index (χ0) is 82.2. The zero-order valence-electron chi connectivity index (χ0n) is 67.2. The van der Waals surface area contributed by atoms with Crippen LogP contribution in [0.4, 0.5) is 0 Å². The lowest BCUT2D eigenvalue weighted by Crippen LogP contribution is -2.44. The molecule has 4 atom stereocenters. The number of rotatable bonds is 56. The van der Waals surface area contributed by atoms with E-state index in [0.29, 0.717) is 61.5 Å². The van der Waals surface area contributed by atoms with Gasteiger partial charge in [-0.3, -0.25) is 38.4 Å². The molecule has 0 fully saturated rings. The molecule has 0 bridgehead atoms. The van der Waals surface area contributed by atoms with Crippen molar-refractivity contribution in [1.82, 2.24) is 0 Å².